The van der Waals surface area contributed by atoms with Crippen LogP contribution in [0.3, 0.4) is 0 Å². The van der Waals surface area contributed by atoms with Gasteiger partial charge >= 0.3 is 0 Å². The van der Waals surface area contributed by atoms with Crippen molar-refractivity contribution in [1.82, 2.24) is 13.7 Å². The van der Waals surface area contributed by atoms with Gasteiger partial charge in [-0.05, 0) is 209 Å². The molecular formula is C105H93BN4O. The second-order valence-corrected chi connectivity index (χ2v) is 36.3. The number of ether oxygens (including phenoxy) is 1. The second-order valence-electron chi connectivity index (χ2n) is 36.3. The van der Waals surface area contributed by atoms with Crippen LogP contribution >= 0.6 is 0 Å². The van der Waals surface area contributed by atoms with Crippen molar-refractivity contribution in [3.63, 3.8) is 0 Å². The predicted molar refractivity (Wildman–Crippen MR) is 472 cm³/mol. The number of para-hydroxylation sites is 4. The van der Waals surface area contributed by atoms with Crippen molar-refractivity contribution in [2.75, 3.05) is 4.90 Å². The summed E-state index contributed by atoms with van der Waals surface area (Å²) in [5.74, 6) is 1.29. The monoisotopic (exact) mass is 1440 g/mol. The number of nitrogens with zero attached hydrogens (tertiary/aromatic N) is 4. The number of hydrogen-bond donors (Lipinski definition) is 0. The Labute approximate surface area is 664 Å². The molecule has 14 aromatic carbocycles. The van der Waals surface area contributed by atoms with Crippen LogP contribution in [0.25, 0.3) is 105 Å². The highest BCUT2D eigenvalue weighted by Gasteiger charge is 2.56. The molecule has 0 fully saturated rings. The van der Waals surface area contributed by atoms with Gasteiger partial charge in [-0.2, -0.15) is 0 Å². The van der Waals surface area contributed by atoms with Gasteiger partial charge in [0.2, 0.25) is 6.71 Å². The van der Waals surface area contributed by atoms with Crippen LogP contribution in [0.2, 0.25) is 0 Å². The molecule has 0 radical (unpaired) electrons. The summed E-state index contributed by atoms with van der Waals surface area (Å²) >= 11 is 0. The van der Waals surface area contributed by atoms with Crippen LogP contribution in [0.15, 0.2) is 291 Å². The molecule has 0 atom stereocenters. The summed E-state index contributed by atoms with van der Waals surface area (Å²) in [7, 11) is 0. The van der Waals surface area contributed by atoms with E-state index in [1.807, 2.05) is 12.1 Å². The van der Waals surface area contributed by atoms with E-state index in [2.05, 4.69) is 348 Å². The van der Waals surface area contributed by atoms with Gasteiger partial charge in [-0.3, -0.25) is 0 Å². The largest absolute Gasteiger partial charge is 0.457 e. The first kappa shape index (κ1) is 60.0. The predicted octanol–water partition coefficient (Wildman–Crippen LogP) is 25.9. The van der Waals surface area contributed by atoms with Crippen LogP contribution in [0, 0.1) is 0 Å². The molecule has 17 aromatic rings. The van der Waals surface area contributed by atoms with Gasteiger partial charge in [-0.15, -0.1) is 0 Å². The minimum absolute atomic E-state index is 0.0122. The van der Waals surface area contributed by atoms with Gasteiger partial charge < -0.3 is 23.3 Å². The standard InChI is InChI=1S/C105H93BN4O/c1-100(2,3)66-42-50-90-78(54-66)79-55-67(101(4,5)6)43-51-91(79)107(90)71-46-48-86-84(60-71)105(82-36-24-28-40-96(82)111-97-41-29-25-37-83(97)105)85-61-73(109-88-38-26-22-34-74(88)75-35-23-27-39-89(75)109)63-95-98(85)106(86)87-49-47-72(108-92-52-44-68(102(7,8)9)56-80(92)81-57-69(103(10,11)12)45-53-93(81)108)62-94(87)110(95)99-76(64-30-18-16-19-31-64)58-70(104(13,14)15)59-77(99)65-32-20-17-21-33-65/h16-63H,1-15H3/i22D,23D,26D,27D,34D,35D,38D,39D. The fraction of sp³-hybridized carbons (Fsp3) is 0.200. The summed E-state index contributed by atoms with van der Waals surface area (Å²) in [6.45, 7) is 33.6. The molecule has 1 spiro atoms. The molecule has 542 valence electrons. The van der Waals surface area contributed by atoms with Crippen molar-refractivity contribution >= 4 is 106 Å². The lowest BCUT2D eigenvalue weighted by Gasteiger charge is -2.50. The van der Waals surface area contributed by atoms with Gasteiger partial charge in [0.05, 0.1) is 55.2 Å². The molecule has 0 N–H and O–H groups in total. The second kappa shape index (κ2) is 24.1. The molecule has 0 saturated heterocycles. The maximum Gasteiger partial charge on any atom is 0.247 e. The first-order valence-corrected chi connectivity index (χ1v) is 39.2. The Morgan fingerprint density at radius 3 is 1.13 bits per heavy atom. The van der Waals surface area contributed by atoms with Crippen LogP contribution in [0.5, 0.6) is 11.5 Å². The van der Waals surface area contributed by atoms with E-state index in [-0.39, 0.29) is 48.9 Å². The van der Waals surface area contributed by atoms with E-state index in [4.69, 9.17) is 4.74 Å². The number of fused-ring (bicyclic) bond motifs is 19. The zero-order valence-corrected chi connectivity index (χ0v) is 65.9. The third-order valence-corrected chi connectivity index (χ3v) is 24.4. The first-order valence-electron chi connectivity index (χ1n) is 43.2. The van der Waals surface area contributed by atoms with Crippen LogP contribution in [-0.4, -0.2) is 20.4 Å². The molecule has 6 heterocycles. The molecule has 0 saturated carbocycles. The third-order valence-electron chi connectivity index (χ3n) is 24.4. The van der Waals surface area contributed by atoms with E-state index in [0.717, 1.165) is 139 Å². The van der Waals surface area contributed by atoms with Gasteiger partial charge in [0.15, 0.2) is 0 Å². The van der Waals surface area contributed by atoms with Crippen molar-refractivity contribution in [2.24, 2.45) is 0 Å². The lowest BCUT2D eigenvalue weighted by molar-refractivity contribution is 0.435. The highest BCUT2D eigenvalue weighted by Crippen LogP contribution is 2.60. The smallest absolute Gasteiger partial charge is 0.247 e. The quantitative estimate of drug-likeness (QED) is 0.155. The van der Waals surface area contributed by atoms with E-state index < -0.39 is 60.5 Å². The summed E-state index contributed by atoms with van der Waals surface area (Å²) in [5, 5.41) is 4.58. The summed E-state index contributed by atoms with van der Waals surface area (Å²) < 4.78 is 92.6. The van der Waals surface area contributed by atoms with Gasteiger partial charge in [-0.1, -0.05) is 279 Å². The Bertz CT molecular complexity index is 6950. The third kappa shape index (κ3) is 10.3. The van der Waals surface area contributed by atoms with Gasteiger partial charge in [0.1, 0.15) is 11.5 Å². The molecule has 20 rings (SSSR count). The normalized spacial score (nSPS) is 15.0. The average Bonchev–Trinajstić information content (AvgIpc) is 0.716. The number of rotatable bonds is 6. The summed E-state index contributed by atoms with van der Waals surface area (Å²) in [6.07, 6.45) is 0. The van der Waals surface area contributed by atoms with Crippen molar-refractivity contribution in [2.45, 2.75) is 136 Å². The van der Waals surface area contributed by atoms with Gasteiger partial charge in [-0.25, -0.2) is 0 Å². The van der Waals surface area contributed by atoms with Crippen molar-refractivity contribution in [3.05, 3.63) is 341 Å². The Hall–Kier alpha value is -11.9. The number of benzene rings is 14. The van der Waals surface area contributed by atoms with Crippen LogP contribution < -0.4 is 26.0 Å². The zero-order valence-electron chi connectivity index (χ0n) is 73.9. The molecule has 111 heavy (non-hydrogen) atoms. The Morgan fingerprint density at radius 2 is 0.685 bits per heavy atom. The molecule has 3 aliphatic heterocycles. The van der Waals surface area contributed by atoms with Crippen LogP contribution in [0.4, 0.5) is 17.1 Å². The van der Waals surface area contributed by atoms with E-state index in [1.54, 1.807) is 4.57 Å². The Morgan fingerprint density at radius 1 is 0.306 bits per heavy atom. The number of aromatic nitrogens is 3. The summed E-state index contributed by atoms with van der Waals surface area (Å²) in [5.41, 5.74) is 23.2. The molecule has 0 unspecified atom stereocenters. The maximum atomic E-state index is 10.3. The molecular weight excluding hydrogens is 1340 g/mol. The lowest BCUT2D eigenvalue weighted by Crippen LogP contribution is -2.65. The van der Waals surface area contributed by atoms with Crippen LogP contribution in [0.1, 0.15) is 165 Å². The van der Waals surface area contributed by atoms with E-state index in [9.17, 15) is 11.0 Å². The summed E-state index contributed by atoms with van der Waals surface area (Å²) in [6, 6.07) is 85.8. The Balaban J connectivity index is 1.02. The van der Waals surface area contributed by atoms with Crippen molar-refractivity contribution in [1.29, 1.82) is 0 Å². The minimum Gasteiger partial charge on any atom is -0.457 e. The maximum absolute atomic E-state index is 10.3. The molecule has 3 aromatic heterocycles. The molecule has 0 amide bonds. The zero-order chi connectivity index (χ0) is 83.3. The highest BCUT2D eigenvalue weighted by atomic mass is 16.5. The fourth-order valence-electron chi connectivity index (χ4n) is 18.6. The van der Waals surface area contributed by atoms with Gasteiger partial charge in [0.25, 0.3) is 0 Å². The van der Waals surface area contributed by atoms with Gasteiger partial charge in [0, 0.05) is 83.0 Å². The average molecular weight is 1450 g/mol. The number of anilines is 3. The molecule has 3 aliphatic rings. The van der Waals surface area contributed by atoms with Crippen LogP contribution in [-0.2, 0) is 32.5 Å². The first-order chi connectivity index (χ1) is 56.5. The minimum atomic E-state index is -1.33. The molecule has 0 bridgehead atoms. The SMILES string of the molecule is [2H]c1c([2H])c([2H])c2c(c1[2H])c1c([2H])c([2H])c([2H])c([2H])c1n2-c1cc2c3c(c1)C1(c4ccccc4Oc4ccccc41)c1cc(-n4c5ccc(C(C)(C)C)cc5c5cc(C(C)(C)C)ccc54)ccc1B3c1ccc(-n3c4ccc(C(C)(C)C)cc4c4cc(C(C)(C)C)ccc43)cc1N2c1c(-c2ccccc2)cc(C(C)(C)C)cc1-c1ccccc1. The highest BCUT2D eigenvalue weighted by molar-refractivity contribution is 6.99. The van der Waals surface area contributed by atoms with E-state index >= 15 is 0 Å². The van der Waals surface area contributed by atoms with E-state index in [1.165, 1.54) is 22.3 Å². The molecule has 0 aliphatic carbocycles. The topological polar surface area (TPSA) is 27.3 Å². The Kier molecular flexibility index (Phi) is 13.0. The fourth-order valence-corrected chi connectivity index (χ4v) is 18.6. The number of hydrogen-bond acceptors (Lipinski definition) is 2. The van der Waals surface area contributed by atoms with Crippen molar-refractivity contribution in [3.8, 4) is 50.8 Å². The lowest BCUT2D eigenvalue weighted by atomic mass is 9.29. The molecule has 5 nitrogen and oxygen atoms in total. The van der Waals surface area contributed by atoms with Crippen molar-refractivity contribution < 1.29 is 15.7 Å². The van der Waals surface area contributed by atoms with E-state index in [0.29, 0.717) is 17.2 Å². The molecule has 6 heteroatoms. The summed E-state index contributed by atoms with van der Waals surface area (Å²) in [4.78, 5) is 2.50.